The van der Waals surface area contributed by atoms with Gasteiger partial charge < -0.3 is 15.2 Å². The summed E-state index contributed by atoms with van der Waals surface area (Å²) in [6.07, 6.45) is 0. The maximum atomic E-state index is 11.3. The van der Waals surface area contributed by atoms with E-state index in [9.17, 15) is 9.59 Å². The van der Waals surface area contributed by atoms with E-state index in [2.05, 4.69) is 5.32 Å². The molecule has 0 aromatic carbocycles. The third-order valence-corrected chi connectivity index (χ3v) is 3.77. The number of carbonyl (C=O) groups excluding carboxylic acids is 1. The molecule has 7 heteroatoms. The summed E-state index contributed by atoms with van der Waals surface area (Å²) in [4.78, 5) is 21.5. The van der Waals surface area contributed by atoms with Gasteiger partial charge in [0.15, 0.2) is 0 Å². The first-order valence-electron chi connectivity index (χ1n) is 4.91. The number of aliphatic carboxylic acids is 1. The normalized spacial score (nSPS) is 10.1. The summed E-state index contributed by atoms with van der Waals surface area (Å²) in [5, 5.41) is 12.9. The van der Waals surface area contributed by atoms with Crippen molar-refractivity contribution < 1.29 is 19.4 Å². The minimum atomic E-state index is -1.01. The molecule has 0 unspecified atom stereocenters. The monoisotopic (exact) mass is 275 g/mol. The van der Waals surface area contributed by atoms with Gasteiger partial charge in [0.25, 0.3) is 0 Å². The minimum Gasteiger partial charge on any atom is -0.480 e. The standard InChI is InChI=1S/C10H13NO4S2/c12-8(7-17-10-2-1-5-16-10)11-3-4-15-6-9(13)14/h1-2,5H,3-4,6-7H2,(H,11,12)(H,13,14). The van der Waals surface area contributed by atoms with Crippen molar-refractivity contribution in [1.29, 1.82) is 0 Å². The number of carbonyl (C=O) groups is 2. The molecule has 0 spiro atoms. The number of nitrogens with one attached hydrogen (secondary N) is 1. The van der Waals surface area contributed by atoms with Crippen LogP contribution in [-0.2, 0) is 14.3 Å². The Kier molecular flexibility index (Phi) is 6.68. The maximum absolute atomic E-state index is 11.3. The molecule has 0 fully saturated rings. The predicted molar refractivity (Wildman–Crippen MR) is 66.5 cm³/mol. The molecule has 1 rings (SSSR count). The van der Waals surface area contributed by atoms with Gasteiger partial charge in [-0.1, -0.05) is 6.07 Å². The van der Waals surface area contributed by atoms with Gasteiger partial charge in [-0.15, -0.1) is 23.1 Å². The van der Waals surface area contributed by atoms with E-state index in [1.165, 1.54) is 11.8 Å². The number of rotatable bonds is 8. The molecule has 1 heterocycles. The third kappa shape index (κ3) is 6.98. The summed E-state index contributed by atoms with van der Waals surface area (Å²) in [6.45, 7) is 0.207. The Bertz CT molecular complexity index is 353. The van der Waals surface area contributed by atoms with Gasteiger partial charge >= 0.3 is 5.97 Å². The number of amides is 1. The topological polar surface area (TPSA) is 75.6 Å². The Morgan fingerprint density at radius 2 is 2.35 bits per heavy atom. The fourth-order valence-electron chi connectivity index (χ4n) is 0.955. The number of carboxylic acid groups (broad SMARTS) is 1. The van der Waals surface area contributed by atoms with Crippen LogP contribution in [0.15, 0.2) is 21.7 Å². The highest BCUT2D eigenvalue weighted by Crippen LogP contribution is 2.22. The van der Waals surface area contributed by atoms with Crippen molar-refractivity contribution in [3.8, 4) is 0 Å². The van der Waals surface area contributed by atoms with E-state index in [4.69, 9.17) is 9.84 Å². The van der Waals surface area contributed by atoms with Gasteiger partial charge in [0.1, 0.15) is 6.61 Å². The number of ether oxygens (including phenoxy) is 1. The summed E-state index contributed by atoms with van der Waals surface area (Å²) >= 11 is 3.07. The average Bonchev–Trinajstić information content (AvgIpc) is 2.78. The second kappa shape index (κ2) is 8.10. The summed E-state index contributed by atoms with van der Waals surface area (Å²) in [5.74, 6) is -0.730. The van der Waals surface area contributed by atoms with Gasteiger partial charge in [-0.2, -0.15) is 0 Å². The van der Waals surface area contributed by atoms with Crippen molar-refractivity contribution in [1.82, 2.24) is 5.32 Å². The molecule has 5 nitrogen and oxygen atoms in total. The Hall–Kier alpha value is -1.05. The van der Waals surface area contributed by atoms with E-state index < -0.39 is 5.97 Å². The van der Waals surface area contributed by atoms with Crippen molar-refractivity contribution in [2.45, 2.75) is 4.21 Å². The molecule has 1 aromatic heterocycles. The molecule has 0 saturated carbocycles. The predicted octanol–water partition coefficient (Wildman–Crippen LogP) is 1.06. The highest BCUT2D eigenvalue weighted by molar-refractivity contribution is 8.01. The van der Waals surface area contributed by atoms with Crippen LogP contribution in [0.5, 0.6) is 0 Å². The highest BCUT2D eigenvalue weighted by Gasteiger charge is 2.03. The lowest BCUT2D eigenvalue weighted by atomic mass is 10.6. The largest absolute Gasteiger partial charge is 0.480 e. The molecule has 17 heavy (non-hydrogen) atoms. The van der Waals surface area contributed by atoms with E-state index in [0.717, 1.165) is 4.21 Å². The summed E-state index contributed by atoms with van der Waals surface area (Å²) in [5.41, 5.74) is 0. The number of hydrogen-bond acceptors (Lipinski definition) is 5. The van der Waals surface area contributed by atoms with Crippen LogP contribution >= 0.6 is 23.1 Å². The van der Waals surface area contributed by atoms with Crippen molar-refractivity contribution in [2.75, 3.05) is 25.5 Å². The molecule has 94 valence electrons. The van der Waals surface area contributed by atoms with E-state index in [1.807, 2.05) is 17.5 Å². The van der Waals surface area contributed by atoms with E-state index in [0.29, 0.717) is 12.3 Å². The SMILES string of the molecule is O=C(O)COCCNC(=O)CSc1cccs1. The van der Waals surface area contributed by atoms with Crippen molar-refractivity contribution in [2.24, 2.45) is 0 Å². The lowest BCUT2D eigenvalue weighted by molar-refractivity contribution is -0.142. The molecule has 0 aliphatic carbocycles. The number of thiophene rings is 1. The molecule has 0 radical (unpaired) electrons. The van der Waals surface area contributed by atoms with E-state index in [1.54, 1.807) is 11.3 Å². The van der Waals surface area contributed by atoms with Gasteiger partial charge in [-0.3, -0.25) is 4.79 Å². The molecule has 0 aliphatic rings. The van der Waals surface area contributed by atoms with Gasteiger partial charge in [0, 0.05) is 6.54 Å². The summed E-state index contributed by atoms with van der Waals surface area (Å²) in [7, 11) is 0. The van der Waals surface area contributed by atoms with Gasteiger partial charge in [0.05, 0.1) is 16.6 Å². The van der Waals surface area contributed by atoms with Crippen LogP contribution in [0.4, 0.5) is 0 Å². The Morgan fingerprint density at radius 1 is 1.53 bits per heavy atom. The van der Waals surface area contributed by atoms with Gasteiger partial charge in [-0.05, 0) is 11.4 Å². The Labute approximate surface area is 107 Å². The van der Waals surface area contributed by atoms with Gasteiger partial charge in [0.2, 0.25) is 5.91 Å². The second-order valence-electron chi connectivity index (χ2n) is 3.02. The molecule has 0 bridgehead atoms. The first-order chi connectivity index (χ1) is 8.18. The molecule has 0 saturated heterocycles. The van der Waals surface area contributed by atoms with Crippen molar-refractivity contribution >= 4 is 35.0 Å². The summed E-state index contributed by atoms with van der Waals surface area (Å²) in [6, 6.07) is 3.89. The van der Waals surface area contributed by atoms with Crippen molar-refractivity contribution in [3.63, 3.8) is 0 Å². The number of thioether (sulfide) groups is 1. The highest BCUT2D eigenvalue weighted by atomic mass is 32.2. The minimum absolute atomic E-state index is 0.0812. The molecule has 1 amide bonds. The van der Waals surface area contributed by atoms with Crippen LogP contribution in [-0.4, -0.2) is 42.5 Å². The lowest BCUT2D eigenvalue weighted by Crippen LogP contribution is -2.29. The van der Waals surface area contributed by atoms with Crippen LogP contribution in [0.2, 0.25) is 0 Å². The zero-order valence-electron chi connectivity index (χ0n) is 9.05. The average molecular weight is 275 g/mol. The number of hydrogen-bond donors (Lipinski definition) is 2. The zero-order chi connectivity index (χ0) is 12.5. The maximum Gasteiger partial charge on any atom is 0.329 e. The molecular weight excluding hydrogens is 262 g/mol. The van der Waals surface area contributed by atoms with Crippen LogP contribution in [0.1, 0.15) is 0 Å². The van der Waals surface area contributed by atoms with Crippen LogP contribution in [0.25, 0.3) is 0 Å². The number of carboxylic acids is 1. The smallest absolute Gasteiger partial charge is 0.329 e. The van der Waals surface area contributed by atoms with E-state index >= 15 is 0 Å². The van der Waals surface area contributed by atoms with Crippen LogP contribution < -0.4 is 5.32 Å². The van der Waals surface area contributed by atoms with Crippen LogP contribution in [0.3, 0.4) is 0 Å². The molecule has 0 aliphatic heterocycles. The summed E-state index contributed by atoms with van der Waals surface area (Å²) < 4.78 is 5.88. The first-order valence-corrected chi connectivity index (χ1v) is 6.77. The van der Waals surface area contributed by atoms with E-state index in [-0.39, 0.29) is 19.1 Å². The fraction of sp³-hybridized carbons (Fsp3) is 0.400. The van der Waals surface area contributed by atoms with Crippen molar-refractivity contribution in [3.05, 3.63) is 17.5 Å². The Balaban J connectivity index is 2.00. The fourth-order valence-corrected chi connectivity index (χ4v) is 2.57. The molecule has 1 aromatic rings. The second-order valence-corrected chi connectivity index (χ2v) is 5.24. The lowest BCUT2D eigenvalue weighted by Gasteiger charge is -2.04. The van der Waals surface area contributed by atoms with Crippen LogP contribution in [0, 0.1) is 0 Å². The first kappa shape index (κ1) is 14.0. The molecule has 0 atom stereocenters. The quantitative estimate of drug-likeness (QED) is 0.548. The van der Waals surface area contributed by atoms with Gasteiger partial charge in [-0.25, -0.2) is 4.79 Å². The molecular formula is C10H13NO4S2. The zero-order valence-corrected chi connectivity index (χ0v) is 10.7. The third-order valence-electron chi connectivity index (χ3n) is 1.63. The Morgan fingerprint density at radius 3 is 3.00 bits per heavy atom. The molecule has 2 N–H and O–H groups in total.